The first-order valence-corrected chi connectivity index (χ1v) is 7.47. The molecule has 0 saturated carbocycles. The second-order valence-electron chi connectivity index (χ2n) is 6.09. The molecule has 0 bridgehead atoms. The summed E-state index contributed by atoms with van der Waals surface area (Å²) in [5.74, 6) is -1.44. The van der Waals surface area contributed by atoms with E-state index >= 15 is 0 Å². The Balaban J connectivity index is 1.61. The molecule has 0 radical (unpaired) electrons. The van der Waals surface area contributed by atoms with Crippen molar-refractivity contribution in [2.24, 2.45) is 0 Å². The molecule has 2 saturated heterocycles. The minimum atomic E-state index is -1.24. The van der Waals surface area contributed by atoms with Crippen LogP contribution in [0.5, 0.6) is 0 Å². The Morgan fingerprint density at radius 3 is 2.57 bits per heavy atom. The van der Waals surface area contributed by atoms with Crippen molar-refractivity contribution in [1.29, 1.82) is 0 Å². The number of ether oxygens (including phenoxy) is 4. The highest BCUT2D eigenvalue weighted by Crippen LogP contribution is 2.36. The first kappa shape index (κ1) is 16.4. The van der Waals surface area contributed by atoms with Gasteiger partial charge in [-0.3, -0.25) is 0 Å². The van der Waals surface area contributed by atoms with Gasteiger partial charge in [-0.1, -0.05) is 18.2 Å². The molecule has 2 aliphatic heterocycles. The van der Waals surface area contributed by atoms with Crippen LogP contribution < -0.4 is 0 Å². The summed E-state index contributed by atoms with van der Waals surface area (Å²) in [6.07, 6.45) is -4.91. The summed E-state index contributed by atoms with van der Waals surface area (Å²) in [7, 11) is 0. The Morgan fingerprint density at radius 1 is 1.17 bits per heavy atom. The molecule has 23 heavy (non-hydrogen) atoms. The van der Waals surface area contributed by atoms with Gasteiger partial charge in [0.25, 0.3) is 0 Å². The molecule has 2 N–H and O–H groups in total. The van der Waals surface area contributed by atoms with Crippen molar-refractivity contribution in [3.05, 3.63) is 35.9 Å². The van der Waals surface area contributed by atoms with Gasteiger partial charge in [0.05, 0.1) is 5.56 Å². The minimum absolute atomic E-state index is 0.195. The number of rotatable bonds is 3. The van der Waals surface area contributed by atoms with Crippen molar-refractivity contribution in [3.63, 3.8) is 0 Å². The summed E-state index contributed by atoms with van der Waals surface area (Å²) in [4.78, 5) is 11.9. The van der Waals surface area contributed by atoms with E-state index in [9.17, 15) is 15.0 Å². The van der Waals surface area contributed by atoms with Gasteiger partial charge in [-0.2, -0.15) is 0 Å². The fourth-order valence-corrected chi connectivity index (χ4v) is 2.71. The van der Waals surface area contributed by atoms with E-state index in [0.29, 0.717) is 5.56 Å². The van der Waals surface area contributed by atoms with Gasteiger partial charge in [-0.15, -0.1) is 0 Å². The molecule has 7 nitrogen and oxygen atoms in total. The second kappa shape index (κ2) is 6.18. The summed E-state index contributed by atoms with van der Waals surface area (Å²) in [6.45, 7) is 3.19. The quantitative estimate of drug-likeness (QED) is 0.779. The second-order valence-corrected chi connectivity index (χ2v) is 6.09. The average molecular weight is 324 g/mol. The van der Waals surface area contributed by atoms with Crippen LogP contribution in [0.3, 0.4) is 0 Å². The van der Waals surface area contributed by atoms with Gasteiger partial charge in [0.15, 0.2) is 12.1 Å². The van der Waals surface area contributed by atoms with Crippen molar-refractivity contribution < 1.29 is 34.0 Å². The van der Waals surface area contributed by atoms with Crippen molar-refractivity contribution >= 4 is 5.97 Å². The molecule has 3 rings (SSSR count). The Morgan fingerprint density at radius 2 is 1.87 bits per heavy atom. The van der Waals surface area contributed by atoms with Crippen LogP contribution in [0.4, 0.5) is 0 Å². The van der Waals surface area contributed by atoms with Crippen LogP contribution in [0.2, 0.25) is 0 Å². The van der Waals surface area contributed by atoms with E-state index in [2.05, 4.69) is 0 Å². The van der Waals surface area contributed by atoms with Crippen molar-refractivity contribution in [1.82, 2.24) is 0 Å². The van der Waals surface area contributed by atoms with Crippen LogP contribution in [0.1, 0.15) is 24.2 Å². The van der Waals surface area contributed by atoms with E-state index < -0.39 is 42.5 Å². The number of carbonyl (C=O) groups excluding carboxylic acids is 1. The molecule has 0 amide bonds. The Labute approximate surface area is 133 Å². The topological polar surface area (TPSA) is 94.5 Å². The summed E-state index contributed by atoms with van der Waals surface area (Å²) in [5.41, 5.74) is 0.401. The van der Waals surface area contributed by atoms with E-state index in [1.54, 1.807) is 44.2 Å². The third-order valence-corrected chi connectivity index (χ3v) is 3.85. The van der Waals surface area contributed by atoms with Gasteiger partial charge in [0.1, 0.15) is 31.0 Å². The van der Waals surface area contributed by atoms with Crippen LogP contribution in [-0.4, -0.2) is 59.3 Å². The molecule has 2 aliphatic rings. The molecule has 5 unspecified atom stereocenters. The smallest absolute Gasteiger partial charge is 0.338 e. The number of esters is 1. The molecule has 0 aliphatic carbocycles. The number of aliphatic hydroxyl groups is 2. The zero-order chi connectivity index (χ0) is 16.6. The molecule has 1 aromatic rings. The highest BCUT2D eigenvalue weighted by atomic mass is 16.8. The Hall–Kier alpha value is -1.51. The zero-order valence-corrected chi connectivity index (χ0v) is 12.9. The Bertz CT molecular complexity index is 559. The third kappa shape index (κ3) is 3.39. The molecule has 0 aromatic heterocycles. The highest BCUT2D eigenvalue weighted by Gasteiger charge is 2.53. The number of fused-ring (bicyclic) bond motifs is 1. The van der Waals surface area contributed by atoms with E-state index in [1.165, 1.54) is 0 Å². The SMILES string of the molecule is CC1(C)OC2OC(COC(=O)c3ccccc3)C(O)C(O)C2O1. The minimum Gasteiger partial charge on any atom is -0.459 e. The summed E-state index contributed by atoms with van der Waals surface area (Å²) >= 11 is 0. The van der Waals surface area contributed by atoms with Gasteiger partial charge in [-0.05, 0) is 26.0 Å². The molecular weight excluding hydrogens is 304 g/mol. The third-order valence-electron chi connectivity index (χ3n) is 3.85. The van der Waals surface area contributed by atoms with Gasteiger partial charge in [-0.25, -0.2) is 4.79 Å². The maximum Gasteiger partial charge on any atom is 0.338 e. The number of hydrogen-bond donors (Lipinski definition) is 2. The van der Waals surface area contributed by atoms with Gasteiger partial charge >= 0.3 is 5.97 Å². The average Bonchev–Trinajstić information content (AvgIpc) is 2.84. The van der Waals surface area contributed by atoms with E-state index in [1.807, 2.05) is 0 Å². The van der Waals surface area contributed by atoms with Crippen molar-refractivity contribution in [2.45, 2.75) is 50.3 Å². The van der Waals surface area contributed by atoms with Gasteiger partial charge < -0.3 is 29.2 Å². The standard InChI is InChI=1S/C16H20O7/c1-16(2)22-13-12(18)11(17)10(21-15(13)23-16)8-20-14(19)9-6-4-3-5-7-9/h3-7,10-13,15,17-18H,8H2,1-2H3. The lowest BCUT2D eigenvalue weighted by Crippen LogP contribution is -2.57. The lowest BCUT2D eigenvalue weighted by atomic mass is 9.99. The lowest BCUT2D eigenvalue weighted by Gasteiger charge is -2.37. The normalized spacial score (nSPS) is 35.6. The molecular formula is C16H20O7. The summed E-state index contributed by atoms with van der Waals surface area (Å²) in [6, 6.07) is 8.50. The van der Waals surface area contributed by atoms with Crippen LogP contribution >= 0.6 is 0 Å². The number of benzene rings is 1. The van der Waals surface area contributed by atoms with Crippen molar-refractivity contribution in [3.8, 4) is 0 Å². The zero-order valence-electron chi connectivity index (χ0n) is 12.9. The lowest BCUT2D eigenvalue weighted by molar-refractivity contribution is -0.256. The maximum absolute atomic E-state index is 11.9. The largest absolute Gasteiger partial charge is 0.459 e. The number of carbonyl (C=O) groups is 1. The van der Waals surface area contributed by atoms with Crippen LogP contribution in [0.25, 0.3) is 0 Å². The number of aliphatic hydroxyl groups excluding tert-OH is 2. The first-order valence-electron chi connectivity index (χ1n) is 7.47. The maximum atomic E-state index is 11.9. The predicted molar refractivity (Wildman–Crippen MR) is 77.4 cm³/mol. The fourth-order valence-electron chi connectivity index (χ4n) is 2.71. The highest BCUT2D eigenvalue weighted by molar-refractivity contribution is 5.89. The predicted octanol–water partition coefficient (Wildman–Crippen LogP) is 0.442. The van der Waals surface area contributed by atoms with Crippen LogP contribution in [0, 0.1) is 0 Å². The molecule has 5 atom stereocenters. The van der Waals surface area contributed by atoms with Crippen LogP contribution in [0.15, 0.2) is 30.3 Å². The molecule has 2 heterocycles. The fraction of sp³-hybridized carbons (Fsp3) is 0.562. The molecule has 1 aromatic carbocycles. The van der Waals surface area contributed by atoms with E-state index in [-0.39, 0.29) is 6.61 Å². The number of hydrogen-bond acceptors (Lipinski definition) is 7. The van der Waals surface area contributed by atoms with Gasteiger partial charge in [0, 0.05) is 0 Å². The van der Waals surface area contributed by atoms with Crippen LogP contribution in [-0.2, 0) is 18.9 Å². The first-order chi connectivity index (χ1) is 10.9. The molecule has 7 heteroatoms. The van der Waals surface area contributed by atoms with E-state index in [4.69, 9.17) is 18.9 Å². The van der Waals surface area contributed by atoms with Gasteiger partial charge in [0.2, 0.25) is 0 Å². The summed E-state index contributed by atoms with van der Waals surface area (Å²) in [5, 5.41) is 20.3. The van der Waals surface area contributed by atoms with E-state index in [0.717, 1.165) is 0 Å². The molecule has 2 fully saturated rings. The molecule has 0 spiro atoms. The van der Waals surface area contributed by atoms with Crippen molar-refractivity contribution in [2.75, 3.05) is 6.61 Å². The Kier molecular flexibility index (Phi) is 4.39. The molecule has 126 valence electrons. The monoisotopic (exact) mass is 324 g/mol. The summed E-state index contributed by atoms with van der Waals surface area (Å²) < 4.78 is 21.8.